The van der Waals surface area contributed by atoms with Crippen molar-refractivity contribution < 1.29 is 0 Å². The van der Waals surface area contributed by atoms with E-state index in [-0.39, 0.29) is 6.04 Å². The summed E-state index contributed by atoms with van der Waals surface area (Å²) < 4.78 is 0. The average Bonchev–Trinajstić information content (AvgIpc) is 2.26. The molecule has 1 aromatic rings. The highest BCUT2D eigenvalue weighted by Gasteiger charge is 2.04. The maximum absolute atomic E-state index is 8.76. The predicted octanol–water partition coefficient (Wildman–Crippen LogP) is 2.96. The van der Waals surface area contributed by atoms with Crippen LogP contribution in [0.25, 0.3) is 0 Å². The van der Waals surface area contributed by atoms with E-state index >= 15 is 0 Å². The summed E-state index contributed by atoms with van der Waals surface area (Å²) in [6.07, 6.45) is 0. The highest BCUT2D eigenvalue weighted by Crippen LogP contribution is 2.14. The van der Waals surface area contributed by atoms with Gasteiger partial charge >= 0.3 is 0 Å². The molecule has 0 aromatic heterocycles. The van der Waals surface area contributed by atoms with Gasteiger partial charge in [-0.1, -0.05) is 30.3 Å². The Morgan fingerprint density at radius 2 is 2.40 bits per heavy atom. The van der Waals surface area contributed by atoms with Gasteiger partial charge in [-0.2, -0.15) is 5.26 Å². The number of rotatable bonds is 4. The Bertz CT molecular complexity index is 393. The second-order valence-electron chi connectivity index (χ2n) is 3.36. The standard InChI is InChI=1S/C12H13ClN2/c1-9(13)8-15-10(2)12-5-3-4-11(6-12)7-14/h3-6,10,15H,1,8H2,2H3. The van der Waals surface area contributed by atoms with Gasteiger partial charge in [0.1, 0.15) is 0 Å². The van der Waals surface area contributed by atoms with Gasteiger partial charge in [0.2, 0.25) is 0 Å². The fourth-order valence-corrected chi connectivity index (χ4v) is 1.34. The van der Waals surface area contributed by atoms with Crippen LogP contribution < -0.4 is 5.32 Å². The van der Waals surface area contributed by atoms with Crippen LogP contribution in [0.15, 0.2) is 35.9 Å². The lowest BCUT2D eigenvalue weighted by molar-refractivity contribution is 0.614. The molecule has 0 heterocycles. The summed E-state index contributed by atoms with van der Waals surface area (Å²) in [6, 6.07) is 9.79. The van der Waals surface area contributed by atoms with E-state index < -0.39 is 0 Å². The minimum Gasteiger partial charge on any atom is -0.305 e. The molecule has 3 heteroatoms. The van der Waals surface area contributed by atoms with Crippen molar-refractivity contribution in [1.29, 1.82) is 5.26 Å². The lowest BCUT2D eigenvalue weighted by Gasteiger charge is -2.13. The van der Waals surface area contributed by atoms with Gasteiger partial charge in [0, 0.05) is 17.6 Å². The van der Waals surface area contributed by atoms with Crippen molar-refractivity contribution in [1.82, 2.24) is 5.32 Å². The summed E-state index contributed by atoms with van der Waals surface area (Å²) in [7, 11) is 0. The lowest BCUT2D eigenvalue weighted by Crippen LogP contribution is -2.19. The van der Waals surface area contributed by atoms with Crippen molar-refractivity contribution in [3.63, 3.8) is 0 Å². The number of hydrogen-bond acceptors (Lipinski definition) is 2. The number of nitrogens with zero attached hydrogens (tertiary/aromatic N) is 1. The maximum Gasteiger partial charge on any atom is 0.0991 e. The minimum atomic E-state index is 0.161. The summed E-state index contributed by atoms with van der Waals surface area (Å²) in [4.78, 5) is 0. The Morgan fingerprint density at radius 3 is 3.00 bits per heavy atom. The van der Waals surface area contributed by atoms with Crippen molar-refractivity contribution in [3.8, 4) is 6.07 Å². The first-order valence-corrected chi connectivity index (χ1v) is 5.08. The van der Waals surface area contributed by atoms with Gasteiger partial charge in [0.15, 0.2) is 0 Å². The third-order valence-electron chi connectivity index (χ3n) is 2.12. The molecule has 1 rings (SSSR count). The molecular weight excluding hydrogens is 208 g/mol. The number of nitriles is 1. The topological polar surface area (TPSA) is 35.8 Å². The molecule has 0 radical (unpaired) electrons. The van der Waals surface area contributed by atoms with E-state index in [0.717, 1.165) is 5.56 Å². The first-order chi connectivity index (χ1) is 7.13. The van der Waals surface area contributed by atoms with Crippen LogP contribution in [-0.4, -0.2) is 6.54 Å². The molecule has 1 unspecified atom stereocenters. The van der Waals surface area contributed by atoms with Crippen LogP contribution in [0, 0.1) is 11.3 Å². The summed E-state index contributed by atoms with van der Waals surface area (Å²) in [5, 5.41) is 12.5. The van der Waals surface area contributed by atoms with Gasteiger partial charge in [-0.05, 0) is 24.6 Å². The molecule has 0 aliphatic heterocycles. The summed E-state index contributed by atoms with van der Waals surface area (Å²) in [5.74, 6) is 0. The number of nitrogens with one attached hydrogen (secondary N) is 1. The molecule has 78 valence electrons. The fourth-order valence-electron chi connectivity index (χ4n) is 1.26. The van der Waals surface area contributed by atoms with Gasteiger partial charge in [-0.15, -0.1) is 0 Å². The maximum atomic E-state index is 8.76. The second kappa shape index (κ2) is 5.55. The molecule has 1 N–H and O–H groups in total. The van der Waals surface area contributed by atoms with Gasteiger partial charge in [-0.3, -0.25) is 0 Å². The molecule has 0 bridgehead atoms. The van der Waals surface area contributed by atoms with E-state index in [9.17, 15) is 0 Å². The Labute approximate surface area is 95.2 Å². The van der Waals surface area contributed by atoms with Crippen LogP contribution in [0.1, 0.15) is 24.1 Å². The third-order valence-corrected chi connectivity index (χ3v) is 2.25. The smallest absolute Gasteiger partial charge is 0.0991 e. The molecule has 0 spiro atoms. The minimum absolute atomic E-state index is 0.161. The van der Waals surface area contributed by atoms with Crippen molar-refractivity contribution in [2.24, 2.45) is 0 Å². The molecule has 15 heavy (non-hydrogen) atoms. The van der Waals surface area contributed by atoms with Gasteiger partial charge in [0.25, 0.3) is 0 Å². The summed E-state index contributed by atoms with van der Waals surface area (Å²) in [5.41, 5.74) is 1.75. The third kappa shape index (κ3) is 3.75. The zero-order valence-electron chi connectivity index (χ0n) is 8.63. The molecule has 0 amide bonds. The van der Waals surface area contributed by atoms with Gasteiger partial charge in [0.05, 0.1) is 11.6 Å². The number of hydrogen-bond donors (Lipinski definition) is 1. The van der Waals surface area contributed by atoms with E-state index in [0.29, 0.717) is 17.1 Å². The first-order valence-electron chi connectivity index (χ1n) is 4.70. The van der Waals surface area contributed by atoms with Crippen LogP contribution in [0.3, 0.4) is 0 Å². The molecule has 1 aromatic carbocycles. The zero-order chi connectivity index (χ0) is 11.3. The molecule has 0 aliphatic rings. The molecule has 0 fully saturated rings. The molecule has 2 nitrogen and oxygen atoms in total. The predicted molar refractivity (Wildman–Crippen MR) is 62.6 cm³/mol. The second-order valence-corrected chi connectivity index (χ2v) is 3.89. The van der Waals surface area contributed by atoms with Gasteiger partial charge < -0.3 is 5.32 Å². The lowest BCUT2D eigenvalue weighted by atomic mass is 10.1. The van der Waals surface area contributed by atoms with Crippen molar-refractivity contribution in [2.75, 3.05) is 6.54 Å². The Kier molecular flexibility index (Phi) is 4.36. The SMILES string of the molecule is C=C(Cl)CNC(C)c1cccc(C#N)c1. The Morgan fingerprint density at radius 1 is 1.67 bits per heavy atom. The van der Waals surface area contributed by atoms with E-state index in [4.69, 9.17) is 16.9 Å². The van der Waals surface area contributed by atoms with Gasteiger partial charge in [-0.25, -0.2) is 0 Å². The zero-order valence-corrected chi connectivity index (χ0v) is 9.38. The molecular formula is C12H13ClN2. The summed E-state index contributed by atoms with van der Waals surface area (Å²) >= 11 is 5.66. The fraction of sp³-hybridized carbons (Fsp3) is 0.250. The van der Waals surface area contributed by atoms with E-state index in [2.05, 4.69) is 18.0 Å². The largest absolute Gasteiger partial charge is 0.305 e. The van der Waals surface area contributed by atoms with Crippen LogP contribution in [0.2, 0.25) is 0 Å². The van der Waals surface area contributed by atoms with Crippen LogP contribution in [0.4, 0.5) is 0 Å². The van der Waals surface area contributed by atoms with Crippen molar-refractivity contribution >= 4 is 11.6 Å². The summed E-state index contributed by atoms with van der Waals surface area (Å²) in [6.45, 7) is 6.20. The first kappa shape index (κ1) is 11.8. The van der Waals surface area contributed by atoms with E-state index in [1.54, 1.807) is 6.07 Å². The molecule has 1 atom stereocenters. The Hall–Kier alpha value is -1.30. The normalized spacial score (nSPS) is 11.8. The average molecular weight is 221 g/mol. The molecule has 0 saturated heterocycles. The van der Waals surface area contributed by atoms with Crippen LogP contribution >= 0.6 is 11.6 Å². The highest BCUT2D eigenvalue weighted by molar-refractivity contribution is 6.29. The van der Waals surface area contributed by atoms with Crippen LogP contribution in [0.5, 0.6) is 0 Å². The quantitative estimate of drug-likeness (QED) is 0.847. The highest BCUT2D eigenvalue weighted by atomic mass is 35.5. The number of halogens is 1. The Balaban J connectivity index is 2.69. The van der Waals surface area contributed by atoms with Crippen molar-refractivity contribution in [3.05, 3.63) is 47.0 Å². The van der Waals surface area contributed by atoms with E-state index in [1.807, 2.05) is 25.1 Å². The van der Waals surface area contributed by atoms with Crippen LogP contribution in [-0.2, 0) is 0 Å². The van der Waals surface area contributed by atoms with E-state index in [1.165, 1.54) is 0 Å². The van der Waals surface area contributed by atoms with Crippen molar-refractivity contribution in [2.45, 2.75) is 13.0 Å². The molecule has 0 saturated carbocycles. The molecule has 0 aliphatic carbocycles. The number of benzene rings is 1. The monoisotopic (exact) mass is 220 g/mol.